The minimum absolute atomic E-state index is 0.282. The lowest BCUT2D eigenvalue weighted by Gasteiger charge is -2.41. The zero-order valence-corrected chi connectivity index (χ0v) is 16.6. The van der Waals surface area contributed by atoms with Gasteiger partial charge in [0, 0.05) is 32.9 Å². The van der Waals surface area contributed by atoms with E-state index in [1.165, 1.54) is 0 Å². The molecule has 0 amide bonds. The molecule has 0 radical (unpaired) electrons. The highest BCUT2D eigenvalue weighted by molar-refractivity contribution is 6.34. The average Bonchev–Trinajstić information content (AvgIpc) is 2.51. The number of hydrogen-bond donors (Lipinski definition) is 1. The van der Waals surface area contributed by atoms with E-state index in [4.69, 9.17) is 37.4 Å². The maximum absolute atomic E-state index is 12.7. The zero-order valence-electron chi connectivity index (χ0n) is 15.1. The van der Waals surface area contributed by atoms with E-state index in [9.17, 15) is 4.79 Å². The standard InChI is InChI=1S/C19H21Cl2NO4/c1-5-24-18(23)15-9(2)22-10(3)16(19-25-11(4)26-19)17(15)12-6-13(20)8-14(21)7-12/h6-8,11,17,19,22H,5H2,1-4H3. The monoisotopic (exact) mass is 397 g/mol. The first-order chi connectivity index (χ1) is 12.3. The molecule has 0 saturated carbocycles. The predicted octanol–water partition coefficient (Wildman–Crippen LogP) is 4.51. The Labute approximate surface area is 162 Å². The lowest BCUT2D eigenvalue weighted by atomic mass is 9.80. The smallest absolute Gasteiger partial charge is 0.336 e. The number of esters is 1. The van der Waals surface area contributed by atoms with Gasteiger partial charge in [-0.2, -0.15) is 0 Å². The minimum Gasteiger partial charge on any atom is -0.463 e. The maximum atomic E-state index is 12.7. The van der Waals surface area contributed by atoms with Crippen LogP contribution in [0.5, 0.6) is 0 Å². The molecule has 5 nitrogen and oxygen atoms in total. The van der Waals surface area contributed by atoms with E-state index in [-0.39, 0.29) is 12.9 Å². The van der Waals surface area contributed by atoms with Gasteiger partial charge < -0.3 is 19.5 Å². The molecule has 0 bridgehead atoms. The summed E-state index contributed by atoms with van der Waals surface area (Å²) in [6.45, 7) is 7.65. The first kappa shape index (κ1) is 19.2. The lowest BCUT2D eigenvalue weighted by molar-refractivity contribution is -0.360. The Balaban J connectivity index is 2.14. The van der Waals surface area contributed by atoms with Crippen LogP contribution in [0.3, 0.4) is 0 Å². The van der Waals surface area contributed by atoms with E-state index in [1.807, 2.05) is 20.8 Å². The second-order valence-corrected chi connectivity index (χ2v) is 7.14. The van der Waals surface area contributed by atoms with Crippen LogP contribution >= 0.6 is 23.2 Å². The van der Waals surface area contributed by atoms with Crippen molar-refractivity contribution in [3.8, 4) is 0 Å². The molecule has 0 spiro atoms. The Hall–Kier alpha value is -1.53. The quantitative estimate of drug-likeness (QED) is 0.757. The molecule has 0 aliphatic carbocycles. The first-order valence-corrected chi connectivity index (χ1v) is 9.19. The number of ether oxygens (including phenoxy) is 3. The Bertz CT molecular complexity index is 776. The van der Waals surface area contributed by atoms with E-state index in [0.717, 1.165) is 22.5 Å². The van der Waals surface area contributed by atoms with Gasteiger partial charge in [-0.25, -0.2) is 4.79 Å². The lowest BCUT2D eigenvalue weighted by Crippen LogP contribution is -2.45. The molecule has 0 aromatic heterocycles. The van der Waals surface area contributed by atoms with Crippen molar-refractivity contribution in [3.05, 3.63) is 56.3 Å². The minimum atomic E-state index is -0.544. The summed E-state index contributed by atoms with van der Waals surface area (Å²) in [6, 6.07) is 5.25. The zero-order chi connectivity index (χ0) is 19.0. The molecule has 1 fully saturated rings. The van der Waals surface area contributed by atoms with Crippen LogP contribution in [0.15, 0.2) is 40.7 Å². The molecule has 1 aromatic carbocycles. The Kier molecular flexibility index (Phi) is 5.63. The summed E-state index contributed by atoms with van der Waals surface area (Å²) < 4.78 is 16.7. The summed E-state index contributed by atoms with van der Waals surface area (Å²) in [5.41, 5.74) is 3.69. The third-order valence-electron chi connectivity index (χ3n) is 4.41. The number of nitrogens with one attached hydrogen (secondary N) is 1. The number of halogens is 2. The second kappa shape index (κ2) is 7.61. The summed E-state index contributed by atoms with van der Waals surface area (Å²) in [4.78, 5) is 12.7. The molecular weight excluding hydrogens is 377 g/mol. The van der Waals surface area contributed by atoms with E-state index in [2.05, 4.69) is 5.32 Å². The Morgan fingerprint density at radius 3 is 2.31 bits per heavy atom. The number of hydrogen-bond acceptors (Lipinski definition) is 5. The third-order valence-corrected chi connectivity index (χ3v) is 4.85. The topological polar surface area (TPSA) is 56.8 Å². The Morgan fingerprint density at radius 2 is 1.77 bits per heavy atom. The molecule has 26 heavy (non-hydrogen) atoms. The molecule has 2 aliphatic rings. The predicted molar refractivity (Wildman–Crippen MR) is 99.8 cm³/mol. The van der Waals surface area contributed by atoms with Crippen LogP contribution in [0, 0.1) is 0 Å². The molecule has 1 N–H and O–H groups in total. The van der Waals surface area contributed by atoms with Gasteiger partial charge in [0.15, 0.2) is 12.6 Å². The number of rotatable bonds is 4. The van der Waals surface area contributed by atoms with Crippen molar-refractivity contribution >= 4 is 29.2 Å². The number of carbonyl (C=O) groups excluding carboxylic acids is 1. The van der Waals surface area contributed by atoms with Gasteiger partial charge in [-0.15, -0.1) is 0 Å². The van der Waals surface area contributed by atoms with E-state index in [1.54, 1.807) is 25.1 Å². The highest BCUT2D eigenvalue weighted by atomic mass is 35.5. The van der Waals surface area contributed by atoms with Gasteiger partial charge in [0.05, 0.1) is 12.2 Å². The molecule has 1 unspecified atom stereocenters. The number of benzene rings is 1. The van der Waals surface area contributed by atoms with Crippen LogP contribution < -0.4 is 5.32 Å². The van der Waals surface area contributed by atoms with Crippen molar-refractivity contribution in [3.63, 3.8) is 0 Å². The van der Waals surface area contributed by atoms with Gasteiger partial charge >= 0.3 is 5.97 Å². The first-order valence-electron chi connectivity index (χ1n) is 8.44. The largest absolute Gasteiger partial charge is 0.463 e. The molecule has 2 heterocycles. The number of carbonyl (C=O) groups is 1. The fraction of sp³-hybridized carbons (Fsp3) is 0.421. The summed E-state index contributed by atoms with van der Waals surface area (Å²) in [5.74, 6) is -0.819. The van der Waals surface area contributed by atoms with Crippen LogP contribution in [0.2, 0.25) is 10.0 Å². The Morgan fingerprint density at radius 1 is 1.15 bits per heavy atom. The van der Waals surface area contributed by atoms with Gasteiger partial charge in [-0.1, -0.05) is 23.2 Å². The summed E-state index contributed by atoms with van der Waals surface area (Å²) in [7, 11) is 0. The fourth-order valence-electron chi connectivity index (χ4n) is 3.39. The van der Waals surface area contributed by atoms with Crippen LogP contribution in [0.1, 0.15) is 39.2 Å². The van der Waals surface area contributed by atoms with E-state index in [0.29, 0.717) is 15.6 Å². The van der Waals surface area contributed by atoms with Crippen molar-refractivity contribution in [2.75, 3.05) is 6.61 Å². The van der Waals surface area contributed by atoms with Gasteiger partial charge in [0.25, 0.3) is 0 Å². The molecule has 3 rings (SSSR count). The van der Waals surface area contributed by atoms with Crippen molar-refractivity contribution in [1.82, 2.24) is 5.32 Å². The highest BCUT2D eigenvalue weighted by Gasteiger charge is 2.42. The molecule has 1 atom stereocenters. The highest BCUT2D eigenvalue weighted by Crippen LogP contribution is 2.44. The summed E-state index contributed by atoms with van der Waals surface area (Å²) >= 11 is 12.4. The van der Waals surface area contributed by atoms with Crippen LogP contribution in [-0.4, -0.2) is 25.2 Å². The van der Waals surface area contributed by atoms with Crippen molar-refractivity contribution in [2.45, 2.75) is 46.2 Å². The van der Waals surface area contributed by atoms with E-state index < -0.39 is 18.2 Å². The average molecular weight is 398 g/mol. The molecule has 1 saturated heterocycles. The number of dihydropyridines is 1. The van der Waals surface area contributed by atoms with E-state index >= 15 is 0 Å². The third kappa shape index (κ3) is 3.62. The molecule has 140 valence electrons. The van der Waals surface area contributed by atoms with Crippen molar-refractivity contribution < 1.29 is 19.0 Å². The fourth-order valence-corrected chi connectivity index (χ4v) is 3.94. The maximum Gasteiger partial charge on any atom is 0.336 e. The van der Waals surface area contributed by atoms with Crippen LogP contribution in [-0.2, 0) is 19.0 Å². The summed E-state index contributed by atoms with van der Waals surface area (Å²) in [6.07, 6.45) is -0.834. The van der Waals surface area contributed by atoms with Crippen molar-refractivity contribution in [1.29, 1.82) is 0 Å². The normalized spacial score (nSPS) is 25.7. The van der Waals surface area contributed by atoms with Crippen molar-refractivity contribution in [2.24, 2.45) is 0 Å². The van der Waals surface area contributed by atoms with Crippen LogP contribution in [0.4, 0.5) is 0 Å². The van der Waals surface area contributed by atoms with Gasteiger partial charge in [0.2, 0.25) is 0 Å². The molecule has 1 aromatic rings. The van der Waals surface area contributed by atoms with Gasteiger partial charge in [0.1, 0.15) is 0 Å². The number of allylic oxidation sites excluding steroid dienone is 2. The summed E-state index contributed by atoms with van der Waals surface area (Å²) in [5, 5.41) is 4.23. The SMILES string of the molecule is CCOC(=O)C1=C(C)NC(C)=C(C2OC(C)O2)C1c1cc(Cl)cc(Cl)c1. The van der Waals surface area contributed by atoms with Gasteiger partial charge in [-0.05, 0) is 51.5 Å². The second-order valence-electron chi connectivity index (χ2n) is 6.27. The van der Waals surface area contributed by atoms with Crippen LogP contribution in [0.25, 0.3) is 0 Å². The molecule has 2 aliphatic heterocycles. The van der Waals surface area contributed by atoms with Gasteiger partial charge in [-0.3, -0.25) is 0 Å². The molecular formula is C19H21Cl2NO4. The molecule has 7 heteroatoms.